The van der Waals surface area contributed by atoms with Gasteiger partial charge in [0, 0.05) is 0 Å². The zero-order chi connectivity index (χ0) is 13.5. The summed E-state index contributed by atoms with van der Waals surface area (Å²) in [7, 11) is 0. The quantitative estimate of drug-likeness (QED) is 0.839. The number of fused-ring (bicyclic) bond motifs is 1. The summed E-state index contributed by atoms with van der Waals surface area (Å²) in [6, 6.07) is 4.84. The first kappa shape index (κ1) is 12.4. The van der Waals surface area contributed by atoms with Crippen LogP contribution in [0.1, 0.15) is 34.9 Å². The lowest BCUT2D eigenvalue weighted by molar-refractivity contribution is -0.140. The first-order valence-electron chi connectivity index (χ1n) is 5.18. The van der Waals surface area contributed by atoms with Crippen LogP contribution in [0.4, 0.5) is 13.2 Å². The van der Waals surface area contributed by atoms with Crippen LogP contribution in [0, 0.1) is 11.3 Å². The molecule has 1 N–H and O–H groups in total. The topological polar surface area (TPSA) is 61.1 Å². The molecule has 0 spiro atoms. The van der Waals surface area contributed by atoms with Crippen LogP contribution < -0.4 is 0 Å². The van der Waals surface area contributed by atoms with E-state index >= 15 is 0 Å². The second kappa shape index (κ2) is 4.02. The number of alkyl halides is 3. The maximum absolute atomic E-state index is 12.6. The minimum atomic E-state index is -4.51. The predicted molar refractivity (Wildman–Crippen MR) is 54.8 cm³/mol. The highest BCUT2D eigenvalue weighted by atomic mass is 19.4. The van der Waals surface area contributed by atoms with Crippen molar-refractivity contribution in [3.8, 4) is 6.07 Å². The molecule has 0 saturated carbocycles. The van der Waals surface area contributed by atoms with Crippen molar-refractivity contribution in [3.05, 3.63) is 34.9 Å². The van der Waals surface area contributed by atoms with Crippen LogP contribution in [0.15, 0.2) is 18.2 Å². The Balaban J connectivity index is 2.54. The second-order valence-electron chi connectivity index (χ2n) is 4.15. The van der Waals surface area contributed by atoms with Gasteiger partial charge in [0.05, 0.1) is 23.5 Å². The van der Waals surface area contributed by atoms with Crippen molar-refractivity contribution in [3.63, 3.8) is 0 Å². The smallest absolute Gasteiger partial charge is 0.416 e. The number of aliphatic carboxylic acids is 1. The number of carboxylic acid groups (broad SMARTS) is 1. The van der Waals surface area contributed by atoms with Crippen LogP contribution in [0.5, 0.6) is 0 Å². The van der Waals surface area contributed by atoms with Crippen molar-refractivity contribution in [1.82, 2.24) is 0 Å². The van der Waals surface area contributed by atoms with Gasteiger partial charge in [-0.25, -0.2) is 0 Å². The third kappa shape index (κ3) is 1.92. The van der Waals surface area contributed by atoms with Crippen LogP contribution >= 0.6 is 0 Å². The van der Waals surface area contributed by atoms with Crippen LogP contribution in [0.3, 0.4) is 0 Å². The van der Waals surface area contributed by atoms with E-state index in [1.54, 1.807) is 0 Å². The maximum atomic E-state index is 12.6. The van der Waals surface area contributed by atoms with Gasteiger partial charge >= 0.3 is 12.1 Å². The van der Waals surface area contributed by atoms with E-state index in [-0.39, 0.29) is 12.0 Å². The molecular weight excluding hydrogens is 247 g/mol. The predicted octanol–water partition coefficient (Wildman–Crippen LogP) is 2.88. The van der Waals surface area contributed by atoms with E-state index in [0.29, 0.717) is 5.56 Å². The number of benzene rings is 1. The number of rotatable bonds is 1. The molecule has 3 nitrogen and oxygen atoms in total. The monoisotopic (exact) mass is 255 g/mol. The molecule has 2 atom stereocenters. The first-order chi connectivity index (χ1) is 8.34. The Morgan fingerprint density at radius 3 is 2.56 bits per heavy atom. The van der Waals surface area contributed by atoms with E-state index in [1.807, 2.05) is 6.07 Å². The third-order valence-electron chi connectivity index (χ3n) is 3.09. The lowest BCUT2D eigenvalue weighted by atomic mass is 9.99. The number of nitrogens with zero attached hydrogens (tertiary/aromatic N) is 1. The Kier molecular flexibility index (Phi) is 2.77. The molecule has 2 unspecified atom stereocenters. The fourth-order valence-corrected chi connectivity index (χ4v) is 2.22. The van der Waals surface area contributed by atoms with Gasteiger partial charge in [-0.05, 0) is 29.7 Å². The Morgan fingerprint density at radius 2 is 2.06 bits per heavy atom. The summed E-state index contributed by atoms with van der Waals surface area (Å²) in [5.74, 6) is -2.89. The summed E-state index contributed by atoms with van der Waals surface area (Å²) >= 11 is 0. The molecule has 2 rings (SSSR count). The Hall–Kier alpha value is -2.03. The normalized spacial score (nSPS) is 22.3. The lowest BCUT2D eigenvalue weighted by Gasteiger charge is -2.11. The van der Waals surface area contributed by atoms with Gasteiger partial charge in [-0.2, -0.15) is 18.4 Å². The molecule has 1 aromatic carbocycles. The first-order valence-corrected chi connectivity index (χ1v) is 5.18. The van der Waals surface area contributed by atoms with Gasteiger partial charge in [0.15, 0.2) is 0 Å². The van der Waals surface area contributed by atoms with Gasteiger partial charge in [-0.3, -0.25) is 4.79 Å². The highest BCUT2D eigenvalue weighted by molar-refractivity contribution is 5.78. The maximum Gasteiger partial charge on any atom is 0.416 e. The van der Waals surface area contributed by atoms with Crippen LogP contribution in [-0.4, -0.2) is 11.1 Å². The van der Waals surface area contributed by atoms with E-state index in [0.717, 1.165) is 12.1 Å². The molecule has 1 aliphatic rings. The molecule has 0 aromatic heterocycles. The Bertz CT molecular complexity index is 545. The highest BCUT2D eigenvalue weighted by Crippen LogP contribution is 2.43. The van der Waals surface area contributed by atoms with Crippen LogP contribution in [0.2, 0.25) is 0 Å². The van der Waals surface area contributed by atoms with E-state index in [9.17, 15) is 18.0 Å². The van der Waals surface area contributed by atoms with E-state index in [4.69, 9.17) is 10.4 Å². The molecule has 0 amide bonds. The lowest BCUT2D eigenvalue weighted by Crippen LogP contribution is -2.10. The minimum Gasteiger partial charge on any atom is -0.481 e. The zero-order valence-electron chi connectivity index (χ0n) is 9.03. The van der Waals surface area contributed by atoms with Gasteiger partial charge in [0.25, 0.3) is 0 Å². The third-order valence-corrected chi connectivity index (χ3v) is 3.09. The molecule has 0 bridgehead atoms. The van der Waals surface area contributed by atoms with E-state index in [2.05, 4.69) is 0 Å². The van der Waals surface area contributed by atoms with E-state index in [1.165, 1.54) is 6.07 Å². The number of nitriles is 1. The summed E-state index contributed by atoms with van der Waals surface area (Å²) < 4.78 is 37.7. The van der Waals surface area contributed by atoms with Gasteiger partial charge < -0.3 is 5.11 Å². The van der Waals surface area contributed by atoms with Crippen LogP contribution in [-0.2, 0) is 11.0 Å². The molecule has 0 radical (unpaired) electrons. The molecule has 94 valence electrons. The van der Waals surface area contributed by atoms with Crippen molar-refractivity contribution in [2.45, 2.75) is 24.4 Å². The van der Waals surface area contributed by atoms with Crippen molar-refractivity contribution < 1.29 is 23.1 Å². The molecule has 0 saturated heterocycles. The van der Waals surface area contributed by atoms with Crippen molar-refractivity contribution in [1.29, 1.82) is 5.26 Å². The Labute approximate surface area is 100 Å². The molecule has 18 heavy (non-hydrogen) atoms. The van der Waals surface area contributed by atoms with Gasteiger partial charge in [0.1, 0.15) is 0 Å². The van der Waals surface area contributed by atoms with Gasteiger partial charge in [-0.15, -0.1) is 0 Å². The fourth-order valence-electron chi connectivity index (χ4n) is 2.22. The molecule has 0 aliphatic heterocycles. The number of hydrogen-bond donors (Lipinski definition) is 1. The molecule has 0 fully saturated rings. The average Bonchev–Trinajstić information content (AvgIpc) is 2.65. The van der Waals surface area contributed by atoms with Gasteiger partial charge in [-0.1, -0.05) is 6.07 Å². The summed E-state index contributed by atoms with van der Waals surface area (Å²) in [4.78, 5) is 11.0. The van der Waals surface area contributed by atoms with Gasteiger partial charge in [0.2, 0.25) is 0 Å². The summed E-state index contributed by atoms with van der Waals surface area (Å²) in [5, 5.41) is 17.9. The van der Waals surface area contributed by atoms with Crippen molar-refractivity contribution in [2.75, 3.05) is 0 Å². The van der Waals surface area contributed by atoms with E-state index < -0.39 is 29.5 Å². The summed E-state index contributed by atoms with van der Waals surface area (Å²) in [5.41, 5.74) is -0.395. The fraction of sp³-hybridized carbons (Fsp3) is 0.333. The number of halogens is 3. The highest BCUT2D eigenvalue weighted by Gasteiger charge is 2.38. The zero-order valence-corrected chi connectivity index (χ0v) is 9.03. The molecule has 0 heterocycles. The standard InChI is InChI=1S/C12H8F3NO2/c13-12(14,15)7-1-2-8-6(5-16)3-10(11(17)18)9(8)4-7/h1-2,4,6,10H,3H2,(H,17,18). The minimum absolute atomic E-state index is 0.0302. The number of carbonyl (C=O) groups is 1. The summed E-state index contributed by atoms with van der Waals surface area (Å²) in [6.45, 7) is 0. The SMILES string of the molecule is N#CC1CC(C(=O)O)c2cc(C(F)(F)F)ccc21. The molecule has 1 aromatic rings. The van der Waals surface area contributed by atoms with Crippen LogP contribution in [0.25, 0.3) is 0 Å². The molecular formula is C12H8F3NO2. The Morgan fingerprint density at radius 1 is 1.39 bits per heavy atom. The summed E-state index contributed by atoms with van der Waals surface area (Å²) in [6.07, 6.45) is -4.48. The average molecular weight is 255 g/mol. The molecule has 1 aliphatic carbocycles. The second-order valence-corrected chi connectivity index (χ2v) is 4.15. The number of hydrogen-bond acceptors (Lipinski definition) is 2. The van der Waals surface area contributed by atoms with Crippen molar-refractivity contribution >= 4 is 5.97 Å². The molecule has 6 heteroatoms. The largest absolute Gasteiger partial charge is 0.481 e. The van der Waals surface area contributed by atoms with Crippen molar-refractivity contribution in [2.24, 2.45) is 0 Å². The number of carboxylic acids is 1.